The molecule has 146 valence electrons. The SMILES string of the molecule is CC/C(=N\OC)c1ccc(Cl)c2nc3n(c12)CCCN3c1ccc(Cl)cc1Cl. The molecule has 2 aromatic carbocycles. The first-order chi connectivity index (χ1) is 13.5. The van der Waals surface area contributed by atoms with Crippen molar-refractivity contribution in [2.75, 3.05) is 18.6 Å². The molecule has 4 rings (SSSR count). The van der Waals surface area contributed by atoms with Crippen LogP contribution in [0.15, 0.2) is 35.5 Å². The number of rotatable bonds is 4. The summed E-state index contributed by atoms with van der Waals surface area (Å²) >= 11 is 19.1. The predicted octanol–water partition coefficient (Wildman–Crippen LogP) is 6.30. The van der Waals surface area contributed by atoms with E-state index < -0.39 is 0 Å². The molecule has 5 nitrogen and oxygen atoms in total. The van der Waals surface area contributed by atoms with Crippen LogP contribution in [0.1, 0.15) is 25.3 Å². The lowest BCUT2D eigenvalue weighted by atomic mass is 10.1. The molecule has 1 aromatic heterocycles. The predicted molar refractivity (Wildman–Crippen MR) is 117 cm³/mol. The molecule has 0 saturated heterocycles. The Hall–Kier alpha value is -1.95. The first-order valence-corrected chi connectivity index (χ1v) is 10.2. The van der Waals surface area contributed by atoms with Gasteiger partial charge in [0.1, 0.15) is 12.6 Å². The van der Waals surface area contributed by atoms with Crippen molar-refractivity contribution in [1.29, 1.82) is 0 Å². The number of fused-ring (bicyclic) bond motifs is 3. The molecule has 0 bridgehead atoms. The number of nitrogens with zero attached hydrogens (tertiary/aromatic N) is 4. The summed E-state index contributed by atoms with van der Waals surface area (Å²) < 4.78 is 2.19. The topological polar surface area (TPSA) is 42.7 Å². The molecular weight excluding hydrogens is 419 g/mol. The van der Waals surface area contributed by atoms with Crippen molar-refractivity contribution in [1.82, 2.24) is 9.55 Å². The lowest BCUT2D eigenvalue weighted by molar-refractivity contribution is 0.213. The Bertz CT molecular complexity index is 1080. The monoisotopic (exact) mass is 436 g/mol. The smallest absolute Gasteiger partial charge is 0.211 e. The van der Waals surface area contributed by atoms with E-state index in [1.807, 2.05) is 31.2 Å². The van der Waals surface area contributed by atoms with E-state index in [2.05, 4.69) is 14.6 Å². The summed E-state index contributed by atoms with van der Waals surface area (Å²) in [6, 6.07) is 9.35. The third-order valence-corrected chi connectivity index (χ3v) is 5.72. The minimum atomic E-state index is 0.592. The normalized spacial score (nSPS) is 14.5. The summed E-state index contributed by atoms with van der Waals surface area (Å²) in [6.07, 6.45) is 1.68. The second-order valence-electron chi connectivity index (χ2n) is 6.53. The molecule has 1 aliphatic heterocycles. The highest BCUT2D eigenvalue weighted by Gasteiger charge is 2.27. The molecule has 0 aliphatic carbocycles. The van der Waals surface area contributed by atoms with Crippen molar-refractivity contribution >= 4 is 63.2 Å². The summed E-state index contributed by atoms with van der Waals surface area (Å²) in [4.78, 5) is 12.0. The number of benzene rings is 2. The standard InChI is InChI=1S/C20H19Cl3N4O/c1-3-16(25-28-2)13-6-7-14(22)18-19(13)27-10-4-9-26(20(27)24-18)17-8-5-12(21)11-15(17)23/h5-8,11H,3-4,9-10H2,1-2H3/b25-16+. The third-order valence-electron chi connectivity index (χ3n) is 4.88. The number of oxime groups is 1. The van der Waals surface area contributed by atoms with Gasteiger partial charge in [-0.2, -0.15) is 0 Å². The molecule has 0 atom stereocenters. The minimum Gasteiger partial charge on any atom is -0.399 e. The average molecular weight is 438 g/mol. The second-order valence-corrected chi connectivity index (χ2v) is 7.78. The van der Waals surface area contributed by atoms with Crippen molar-refractivity contribution in [3.05, 3.63) is 51.0 Å². The molecule has 0 amide bonds. The van der Waals surface area contributed by atoms with Gasteiger partial charge in [-0.3, -0.25) is 0 Å². The van der Waals surface area contributed by atoms with Crippen molar-refractivity contribution < 1.29 is 4.84 Å². The van der Waals surface area contributed by atoms with Crippen molar-refractivity contribution in [2.45, 2.75) is 26.3 Å². The Kier molecular flexibility index (Phi) is 5.41. The molecule has 0 radical (unpaired) electrons. The Morgan fingerprint density at radius 2 is 1.96 bits per heavy atom. The van der Waals surface area contributed by atoms with Crippen LogP contribution in [0.2, 0.25) is 15.1 Å². The maximum absolute atomic E-state index is 6.51. The highest BCUT2D eigenvalue weighted by Crippen LogP contribution is 2.39. The van der Waals surface area contributed by atoms with E-state index in [0.29, 0.717) is 15.1 Å². The number of anilines is 2. The zero-order chi connectivity index (χ0) is 19.8. The van der Waals surface area contributed by atoms with Crippen molar-refractivity contribution in [2.24, 2.45) is 5.16 Å². The fraction of sp³-hybridized carbons (Fsp3) is 0.300. The maximum Gasteiger partial charge on any atom is 0.211 e. The largest absolute Gasteiger partial charge is 0.399 e. The van der Waals surface area contributed by atoms with Crippen molar-refractivity contribution in [3.63, 3.8) is 0 Å². The molecule has 8 heteroatoms. The zero-order valence-electron chi connectivity index (χ0n) is 15.5. The molecule has 1 aliphatic rings. The van der Waals surface area contributed by atoms with Crippen LogP contribution in [0.25, 0.3) is 11.0 Å². The zero-order valence-corrected chi connectivity index (χ0v) is 17.8. The van der Waals surface area contributed by atoms with Gasteiger partial charge in [-0.15, -0.1) is 0 Å². The van der Waals surface area contributed by atoms with Gasteiger partial charge in [-0.05, 0) is 43.2 Å². The van der Waals surface area contributed by atoms with E-state index in [1.54, 1.807) is 13.2 Å². The molecule has 0 unspecified atom stereocenters. The van der Waals surface area contributed by atoms with E-state index in [4.69, 9.17) is 44.6 Å². The number of imidazole rings is 1. The summed E-state index contributed by atoms with van der Waals surface area (Å²) in [6.45, 7) is 3.70. The molecule has 2 heterocycles. The minimum absolute atomic E-state index is 0.592. The molecule has 3 aromatic rings. The third kappa shape index (κ3) is 3.21. The van der Waals surface area contributed by atoms with E-state index in [-0.39, 0.29) is 0 Å². The van der Waals surface area contributed by atoms with Crippen LogP contribution in [-0.4, -0.2) is 28.9 Å². The first kappa shape index (κ1) is 19.4. The van der Waals surface area contributed by atoms with Crippen LogP contribution in [-0.2, 0) is 11.4 Å². The van der Waals surface area contributed by atoms with E-state index in [9.17, 15) is 0 Å². The lowest BCUT2D eigenvalue weighted by Crippen LogP contribution is -2.28. The van der Waals surface area contributed by atoms with Gasteiger partial charge >= 0.3 is 0 Å². The summed E-state index contributed by atoms with van der Waals surface area (Å²) in [7, 11) is 1.55. The Labute approximate surface area is 178 Å². The van der Waals surface area contributed by atoms with E-state index in [1.165, 1.54) is 0 Å². The van der Waals surface area contributed by atoms with E-state index >= 15 is 0 Å². The molecule has 0 N–H and O–H groups in total. The highest BCUT2D eigenvalue weighted by molar-refractivity contribution is 6.37. The Balaban J connectivity index is 1.95. The summed E-state index contributed by atoms with van der Waals surface area (Å²) in [5.74, 6) is 0.813. The van der Waals surface area contributed by atoms with Gasteiger partial charge in [0.05, 0.1) is 27.0 Å². The summed E-state index contributed by atoms with van der Waals surface area (Å²) in [5.41, 5.74) is 4.43. The fourth-order valence-electron chi connectivity index (χ4n) is 3.68. The number of aromatic nitrogens is 2. The van der Waals surface area contributed by atoms with Crippen LogP contribution in [0.5, 0.6) is 0 Å². The quantitative estimate of drug-likeness (QED) is 0.355. The Morgan fingerprint density at radius 1 is 1.14 bits per heavy atom. The van der Waals surface area contributed by atoms with Gasteiger partial charge in [0, 0.05) is 23.7 Å². The lowest BCUT2D eigenvalue weighted by Gasteiger charge is -2.30. The number of hydrogen-bond acceptors (Lipinski definition) is 4. The fourth-order valence-corrected chi connectivity index (χ4v) is 4.38. The maximum atomic E-state index is 6.51. The second kappa shape index (κ2) is 7.82. The molecule has 0 fully saturated rings. The van der Waals surface area contributed by atoms with Gasteiger partial charge in [-0.25, -0.2) is 4.98 Å². The molecule has 0 saturated carbocycles. The van der Waals surface area contributed by atoms with E-state index in [0.717, 1.165) is 59.9 Å². The van der Waals surface area contributed by atoms with Crippen LogP contribution in [0, 0.1) is 0 Å². The highest BCUT2D eigenvalue weighted by atomic mass is 35.5. The van der Waals surface area contributed by atoms with Crippen LogP contribution < -0.4 is 4.90 Å². The molecular formula is C20H19Cl3N4O. The summed E-state index contributed by atoms with van der Waals surface area (Å²) in [5, 5.41) is 6.01. The van der Waals surface area contributed by atoms with Gasteiger partial charge in [0.2, 0.25) is 5.95 Å². The Morgan fingerprint density at radius 3 is 2.68 bits per heavy atom. The van der Waals surface area contributed by atoms with Crippen LogP contribution in [0.4, 0.5) is 11.6 Å². The molecule has 0 spiro atoms. The van der Waals surface area contributed by atoms with Crippen molar-refractivity contribution in [3.8, 4) is 0 Å². The number of aryl methyl sites for hydroxylation is 1. The van der Waals surface area contributed by atoms with Gasteiger partial charge < -0.3 is 14.3 Å². The van der Waals surface area contributed by atoms with Gasteiger partial charge in [0.25, 0.3) is 0 Å². The van der Waals surface area contributed by atoms with Crippen LogP contribution in [0.3, 0.4) is 0 Å². The van der Waals surface area contributed by atoms with Gasteiger partial charge in [0.15, 0.2) is 0 Å². The average Bonchev–Trinajstić information content (AvgIpc) is 3.08. The number of halogens is 3. The molecule has 28 heavy (non-hydrogen) atoms. The van der Waals surface area contributed by atoms with Gasteiger partial charge in [-0.1, -0.05) is 46.9 Å². The van der Waals surface area contributed by atoms with Crippen LogP contribution >= 0.6 is 34.8 Å². The first-order valence-electron chi connectivity index (χ1n) is 9.06. The number of hydrogen-bond donors (Lipinski definition) is 0.